The molecule has 2 rings (SSSR count). The fourth-order valence-corrected chi connectivity index (χ4v) is 2.68. The van der Waals surface area contributed by atoms with Crippen LogP contribution in [0.3, 0.4) is 0 Å². The summed E-state index contributed by atoms with van der Waals surface area (Å²) >= 11 is 0. The Labute approximate surface area is 141 Å². The molecular formula is C17H24N2O5. The molecule has 1 aliphatic rings. The van der Waals surface area contributed by atoms with Crippen molar-refractivity contribution in [2.24, 2.45) is 5.92 Å². The minimum atomic E-state index is -0.845. The molecule has 1 fully saturated rings. The van der Waals surface area contributed by atoms with Crippen molar-refractivity contribution in [2.45, 2.75) is 51.6 Å². The van der Waals surface area contributed by atoms with Crippen LogP contribution in [0, 0.1) is 5.92 Å². The number of ether oxygens (including phenoxy) is 1. The lowest BCUT2D eigenvalue weighted by atomic mass is 10.0. The van der Waals surface area contributed by atoms with Crippen LogP contribution in [0.5, 0.6) is 0 Å². The molecule has 0 aromatic carbocycles. The Hall–Kier alpha value is -2.31. The maximum Gasteiger partial charge on any atom is 0.329 e. The third kappa shape index (κ3) is 5.11. The summed E-state index contributed by atoms with van der Waals surface area (Å²) in [5.74, 6) is -1.51. The first kappa shape index (κ1) is 18.0. The molecule has 0 saturated heterocycles. The van der Waals surface area contributed by atoms with Crippen molar-refractivity contribution in [3.63, 3.8) is 0 Å². The number of amides is 2. The van der Waals surface area contributed by atoms with Gasteiger partial charge >= 0.3 is 5.97 Å². The molecule has 1 heterocycles. The van der Waals surface area contributed by atoms with Gasteiger partial charge in [-0.2, -0.15) is 0 Å². The van der Waals surface area contributed by atoms with Gasteiger partial charge in [-0.15, -0.1) is 0 Å². The summed E-state index contributed by atoms with van der Waals surface area (Å²) in [6, 6.07) is 2.43. The second-order valence-electron chi connectivity index (χ2n) is 6.33. The molecule has 0 aliphatic heterocycles. The summed E-state index contributed by atoms with van der Waals surface area (Å²) in [6.07, 6.45) is 5.53. The second-order valence-corrected chi connectivity index (χ2v) is 6.33. The molecule has 7 heteroatoms. The molecule has 1 aromatic rings. The van der Waals surface area contributed by atoms with Gasteiger partial charge in [-0.3, -0.25) is 9.59 Å². The van der Waals surface area contributed by atoms with E-state index >= 15 is 0 Å². The highest BCUT2D eigenvalue weighted by atomic mass is 16.5. The van der Waals surface area contributed by atoms with E-state index in [4.69, 9.17) is 9.15 Å². The van der Waals surface area contributed by atoms with Crippen molar-refractivity contribution in [1.82, 2.24) is 10.6 Å². The van der Waals surface area contributed by atoms with Crippen molar-refractivity contribution in [3.05, 3.63) is 24.2 Å². The maximum absolute atomic E-state index is 12.2. The SMILES string of the molecule is CC(C)[C@H](NC(=O)c1ccco1)C(=O)OCC(=O)NC1CCCC1. The first-order valence-electron chi connectivity index (χ1n) is 8.27. The van der Waals surface area contributed by atoms with Crippen molar-refractivity contribution >= 4 is 17.8 Å². The van der Waals surface area contributed by atoms with Gasteiger partial charge in [0.05, 0.1) is 6.26 Å². The molecule has 7 nitrogen and oxygen atoms in total. The van der Waals surface area contributed by atoms with Crippen LogP contribution in [0.1, 0.15) is 50.1 Å². The molecule has 0 unspecified atom stereocenters. The highest BCUT2D eigenvalue weighted by Crippen LogP contribution is 2.17. The largest absolute Gasteiger partial charge is 0.459 e. The number of carbonyl (C=O) groups excluding carboxylic acids is 3. The Bertz CT molecular complexity index is 562. The summed E-state index contributed by atoms with van der Waals surface area (Å²) in [6.45, 7) is 3.23. The van der Waals surface area contributed by atoms with Gasteiger partial charge in [-0.05, 0) is 30.9 Å². The molecule has 1 saturated carbocycles. The number of hydrogen-bond acceptors (Lipinski definition) is 5. The molecule has 132 valence electrons. The Morgan fingerprint density at radius 3 is 2.58 bits per heavy atom. The molecule has 1 aliphatic carbocycles. The van der Waals surface area contributed by atoms with E-state index in [2.05, 4.69) is 10.6 Å². The van der Waals surface area contributed by atoms with Crippen LogP contribution >= 0.6 is 0 Å². The third-order valence-corrected chi connectivity index (χ3v) is 4.02. The average molecular weight is 336 g/mol. The Balaban J connectivity index is 1.82. The number of rotatable bonds is 7. The summed E-state index contributed by atoms with van der Waals surface area (Å²) in [4.78, 5) is 36.0. The van der Waals surface area contributed by atoms with Crippen LogP contribution in [0.15, 0.2) is 22.8 Å². The molecule has 1 atom stereocenters. The smallest absolute Gasteiger partial charge is 0.329 e. The Kier molecular flexibility index (Phi) is 6.40. The number of hydrogen-bond donors (Lipinski definition) is 2. The monoisotopic (exact) mass is 336 g/mol. The Morgan fingerprint density at radius 1 is 1.29 bits per heavy atom. The number of furan rings is 1. The highest BCUT2D eigenvalue weighted by molar-refractivity contribution is 5.94. The van der Waals surface area contributed by atoms with Gasteiger partial charge in [0.25, 0.3) is 11.8 Å². The fourth-order valence-electron chi connectivity index (χ4n) is 2.68. The molecule has 2 N–H and O–H groups in total. The topological polar surface area (TPSA) is 97.6 Å². The van der Waals surface area contributed by atoms with Crippen LogP contribution in [0.2, 0.25) is 0 Å². The van der Waals surface area contributed by atoms with E-state index in [0.717, 1.165) is 25.7 Å². The predicted octanol–water partition coefficient (Wildman–Crippen LogP) is 1.64. The van der Waals surface area contributed by atoms with Crippen LogP contribution in [0.25, 0.3) is 0 Å². The van der Waals surface area contributed by atoms with Gasteiger partial charge in [0, 0.05) is 6.04 Å². The zero-order valence-corrected chi connectivity index (χ0v) is 14.0. The summed E-state index contributed by atoms with van der Waals surface area (Å²) in [5, 5.41) is 5.42. The van der Waals surface area contributed by atoms with Gasteiger partial charge in [0.2, 0.25) is 0 Å². The standard InChI is InChI=1S/C17H24N2O5/c1-11(2)15(19-16(21)13-8-5-9-23-13)17(22)24-10-14(20)18-12-6-3-4-7-12/h5,8-9,11-12,15H,3-4,6-7,10H2,1-2H3,(H,18,20)(H,19,21)/t15-/m0/s1. The zero-order chi connectivity index (χ0) is 17.5. The molecule has 2 amide bonds. The van der Waals surface area contributed by atoms with E-state index in [1.807, 2.05) is 0 Å². The third-order valence-electron chi connectivity index (χ3n) is 4.02. The van der Waals surface area contributed by atoms with Crippen molar-refractivity contribution in [1.29, 1.82) is 0 Å². The van der Waals surface area contributed by atoms with Crippen LogP contribution in [-0.2, 0) is 14.3 Å². The number of esters is 1. The maximum atomic E-state index is 12.2. The Morgan fingerprint density at radius 2 is 2.00 bits per heavy atom. The van der Waals surface area contributed by atoms with E-state index in [1.54, 1.807) is 19.9 Å². The van der Waals surface area contributed by atoms with Gasteiger partial charge in [-0.25, -0.2) is 4.79 Å². The lowest BCUT2D eigenvalue weighted by Crippen LogP contribution is -2.46. The van der Waals surface area contributed by atoms with Crippen LogP contribution in [-0.4, -0.2) is 36.5 Å². The van der Waals surface area contributed by atoms with E-state index in [0.29, 0.717) is 0 Å². The normalized spacial score (nSPS) is 16.0. The zero-order valence-electron chi connectivity index (χ0n) is 14.0. The van der Waals surface area contributed by atoms with Gasteiger partial charge in [0.15, 0.2) is 12.4 Å². The lowest BCUT2D eigenvalue weighted by molar-refractivity contribution is -0.151. The first-order chi connectivity index (χ1) is 11.5. The summed E-state index contributed by atoms with van der Waals surface area (Å²) < 4.78 is 10.1. The number of nitrogens with one attached hydrogen (secondary N) is 2. The molecule has 0 bridgehead atoms. The quantitative estimate of drug-likeness (QED) is 0.738. The van der Waals surface area contributed by atoms with Gasteiger partial charge in [0.1, 0.15) is 6.04 Å². The van der Waals surface area contributed by atoms with E-state index < -0.39 is 17.9 Å². The lowest BCUT2D eigenvalue weighted by Gasteiger charge is -2.20. The van der Waals surface area contributed by atoms with Gasteiger partial charge in [-0.1, -0.05) is 26.7 Å². The molecular weight excluding hydrogens is 312 g/mol. The van der Waals surface area contributed by atoms with Gasteiger partial charge < -0.3 is 19.8 Å². The molecule has 24 heavy (non-hydrogen) atoms. The average Bonchev–Trinajstić information content (AvgIpc) is 3.23. The molecule has 0 radical (unpaired) electrons. The number of carbonyl (C=O) groups is 3. The highest BCUT2D eigenvalue weighted by Gasteiger charge is 2.28. The van der Waals surface area contributed by atoms with Crippen molar-refractivity contribution in [2.75, 3.05) is 6.61 Å². The molecule has 0 spiro atoms. The van der Waals surface area contributed by atoms with Crippen LogP contribution in [0.4, 0.5) is 0 Å². The molecule has 1 aromatic heterocycles. The minimum Gasteiger partial charge on any atom is -0.459 e. The van der Waals surface area contributed by atoms with E-state index in [9.17, 15) is 14.4 Å². The van der Waals surface area contributed by atoms with E-state index in [1.165, 1.54) is 12.3 Å². The summed E-state index contributed by atoms with van der Waals surface area (Å²) in [5.41, 5.74) is 0. The van der Waals surface area contributed by atoms with Crippen molar-refractivity contribution < 1.29 is 23.5 Å². The fraction of sp³-hybridized carbons (Fsp3) is 0.588. The first-order valence-corrected chi connectivity index (χ1v) is 8.27. The van der Waals surface area contributed by atoms with E-state index in [-0.39, 0.29) is 30.2 Å². The summed E-state index contributed by atoms with van der Waals surface area (Å²) in [7, 11) is 0. The predicted molar refractivity (Wildman–Crippen MR) is 86.2 cm³/mol. The van der Waals surface area contributed by atoms with Crippen LogP contribution < -0.4 is 10.6 Å². The minimum absolute atomic E-state index is 0.118. The van der Waals surface area contributed by atoms with Crippen molar-refractivity contribution in [3.8, 4) is 0 Å². The second kappa shape index (κ2) is 8.52.